The van der Waals surface area contributed by atoms with Crippen LogP contribution >= 0.6 is 11.6 Å². The van der Waals surface area contributed by atoms with Crippen LogP contribution in [0.3, 0.4) is 0 Å². The zero-order valence-corrected chi connectivity index (χ0v) is 25.5. The van der Waals surface area contributed by atoms with E-state index in [-0.39, 0.29) is 11.2 Å². The van der Waals surface area contributed by atoms with Crippen molar-refractivity contribution in [1.29, 1.82) is 0 Å². The Kier molecular flexibility index (Phi) is 7.96. The van der Waals surface area contributed by atoms with E-state index in [1.807, 2.05) is 36.4 Å². The maximum Gasteiger partial charge on any atom is 0.417 e. The number of hydrogen-bond donors (Lipinski definition) is 2. The fraction of sp³-hybridized carbons (Fsp3) is 0.235. The van der Waals surface area contributed by atoms with Crippen molar-refractivity contribution in [3.05, 3.63) is 95.1 Å². The Morgan fingerprint density at radius 3 is 2.47 bits per heavy atom. The molecule has 1 saturated carbocycles. The van der Waals surface area contributed by atoms with Gasteiger partial charge in [-0.1, -0.05) is 29.8 Å². The summed E-state index contributed by atoms with van der Waals surface area (Å²) in [5, 5.41) is 7.81. The summed E-state index contributed by atoms with van der Waals surface area (Å²) in [6, 6.07) is 19.6. The second-order valence-electron chi connectivity index (χ2n) is 11.3. The number of ether oxygens (including phenoxy) is 2. The first-order valence-electron chi connectivity index (χ1n) is 14.2. The molecule has 2 N–H and O–H groups in total. The van der Waals surface area contributed by atoms with Crippen molar-refractivity contribution in [2.75, 3.05) is 38.4 Å². The van der Waals surface area contributed by atoms with Gasteiger partial charge in [0.15, 0.2) is 11.5 Å². The van der Waals surface area contributed by atoms with Gasteiger partial charge < -0.3 is 25.0 Å². The number of nitrogens with one attached hydrogen (secondary N) is 2. The van der Waals surface area contributed by atoms with Crippen LogP contribution in [-0.4, -0.2) is 49.1 Å². The Bertz CT molecular complexity index is 1930. The van der Waals surface area contributed by atoms with Crippen LogP contribution in [0, 0.1) is 0 Å². The van der Waals surface area contributed by atoms with Gasteiger partial charge in [0.25, 0.3) is 5.91 Å². The van der Waals surface area contributed by atoms with Gasteiger partial charge in [-0.25, -0.2) is 0 Å². The zero-order chi connectivity index (χ0) is 31.9. The van der Waals surface area contributed by atoms with Crippen LogP contribution in [0.1, 0.15) is 28.8 Å². The first-order valence-corrected chi connectivity index (χ1v) is 14.6. The number of amides is 1. The maximum atomic E-state index is 13.3. The minimum absolute atomic E-state index is 0.00897. The van der Waals surface area contributed by atoms with Crippen molar-refractivity contribution >= 4 is 56.2 Å². The molecule has 1 fully saturated rings. The van der Waals surface area contributed by atoms with E-state index < -0.39 is 22.7 Å². The maximum absolute atomic E-state index is 13.3. The highest BCUT2D eigenvalue weighted by Gasteiger charge is 2.45. The summed E-state index contributed by atoms with van der Waals surface area (Å²) in [5.74, 6) is 0.693. The third-order valence-corrected chi connectivity index (χ3v) is 8.56. The topological polar surface area (TPSA) is 75.7 Å². The molecule has 0 atom stereocenters. The standard InChI is InChI=1S/C34H30ClF3N4O3/c1-42(2)33(12-13-33)19-45-31-18-29-25(17-30(31)44-3)28(11-14-39-29)40-21-7-9-23-20(15-21)5-4-6-24(23)32(43)41-22-8-10-27(35)26(16-22)34(36,37)38/h4-11,14-18H,12-13,19H2,1-3H3,(H,39,40)(H,41,43). The predicted molar refractivity (Wildman–Crippen MR) is 171 cm³/mol. The third kappa shape index (κ3) is 6.21. The monoisotopic (exact) mass is 634 g/mol. The molecular weight excluding hydrogens is 605 g/mol. The van der Waals surface area contributed by atoms with Crippen LogP contribution in [0.2, 0.25) is 5.02 Å². The van der Waals surface area contributed by atoms with Gasteiger partial charge in [-0.3, -0.25) is 9.78 Å². The van der Waals surface area contributed by atoms with E-state index in [1.165, 1.54) is 6.07 Å². The number of aromatic nitrogens is 1. The molecule has 0 saturated heterocycles. The molecule has 4 aromatic carbocycles. The first-order chi connectivity index (χ1) is 21.5. The van der Waals surface area contributed by atoms with E-state index in [1.54, 1.807) is 31.5 Å². The summed E-state index contributed by atoms with van der Waals surface area (Å²) in [5.41, 5.74) is 1.65. The van der Waals surface area contributed by atoms with Crippen molar-refractivity contribution < 1.29 is 27.4 Å². The normalized spacial score (nSPS) is 14.0. The molecule has 0 aliphatic heterocycles. The highest BCUT2D eigenvalue weighted by Crippen LogP contribution is 2.42. The van der Waals surface area contributed by atoms with Gasteiger partial charge >= 0.3 is 6.18 Å². The molecule has 1 aliphatic carbocycles. The van der Waals surface area contributed by atoms with Crippen LogP contribution in [0.5, 0.6) is 11.5 Å². The fourth-order valence-electron chi connectivity index (χ4n) is 5.35. The van der Waals surface area contributed by atoms with Gasteiger partial charge in [0.05, 0.1) is 28.8 Å². The average Bonchev–Trinajstić information content (AvgIpc) is 3.81. The summed E-state index contributed by atoms with van der Waals surface area (Å²) < 4.78 is 51.8. The van der Waals surface area contributed by atoms with Crippen LogP contribution in [-0.2, 0) is 6.18 Å². The number of anilines is 3. The van der Waals surface area contributed by atoms with Crippen molar-refractivity contribution in [2.24, 2.45) is 0 Å². The second-order valence-corrected chi connectivity index (χ2v) is 11.7. The number of carbonyl (C=O) groups excluding carboxylic acids is 1. The molecule has 0 bridgehead atoms. The van der Waals surface area contributed by atoms with Gasteiger partial charge in [-0.15, -0.1) is 0 Å². The molecule has 5 aromatic rings. The molecule has 0 radical (unpaired) electrons. The molecule has 11 heteroatoms. The molecule has 0 spiro atoms. The van der Waals surface area contributed by atoms with Crippen molar-refractivity contribution in [1.82, 2.24) is 9.88 Å². The summed E-state index contributed by atoms with van der Waals surface area (Å²) in [6.45, 7) is 0.561. The first kappa shape index (κ1) is 30.5. The molecule has 7 nitrogen and oxygen atoms in total. The number of benzene rings is 4. The number of halogens is 4. The molecule has 1 aliphatic rings. The summed E-state index contributed by atoms with van der Waals surface area (Å²) in [4.78, 5) is 19.9. The molecule has 45 heavy (non-hydrogen) atoms. The third-order valence-electron chi connectivity index (χ3n) is 8.23. The van der Waals surface area contributed by atoms with Crippen LogP contribution in [0.15, 0.2) is 79.0 Å². The summed E-state index contributed by atoms with van der Waals surface area (Å²) >= 11 is 5.72. The lowest BCUT2D eigenvalue weighted by Gasteiger charge is -2.24. The number of carbonyl (C=O) groups is 1. The molecule has 6 rings (SSSR count). The fourth-order valence-corrected chi connectivity index (χ4v) is 5.57. The van der Waals surface area contributed by atoms with E-state index in [0.717, 1.165) is 52.6 Å². The van der Waals surface area contributed by atoms with E-state index >= 15 is 0 Å². The zero-order valence-electron chi connectivity index (χ0n) is 24.8. The Labute approximate surface area is 262 Å². The molecule has 1 aromatic heterocycles. The molecule has 0 unspecified atom stereocenters. The van der Waals surface area contributed by atoms with Gasteiger partial charge in [0.2, 0.25) is 0 Å². The second kappa shape index (κ2) is 11.8. The lowest BCUT2D eigenvalue weighted by molar-refractivity contribution is -0.137. The number of likely N-dealkylation sites (N-methyl/N-ethyl adjacent to an activating group) is 1. The Hall–Kier alpha value is -4.54. The van der Waals surface area contributed by atoms with Crippen molar-refractivity contribution in [3.63, 3.8) is 0 Å². The Morgan fingerprint density at radius 1 is 0.978 bits per heavy atom. The van der Waals surface area contributed by atoms with Crippen LogP contribution in [0.4, 0.5) is 30.2 Å². The number of fused-ring (bicyclic) bond motifs is 2. The SMILES string of the molecule is COc1cc2c(Nc3ccc4c(C(=O)Nc5ccc(Cl)c(C(F)(F)F)c5)cccc4c3)ccnc2cc1OCC1(N(C)C)CC1. The number of alkyl halides is 3. The lowest BCUT2D eigenvalue weighted by atomic mass is 10.0. The Balaban J connectivity index is 1.25. The quantitative estimate of drug-likeness (QED) is 0.169. The average molecular weight is 635 g/mol. The van der Waals surface area contributed by atoms with E-state index in [4.69, 9.17) is 21.1 Å². The summed E-state index contributed by atoms with van der Waals surface area (Å²) in [6.07, 6.45) is -0.752. The van der Waals surface area contributed by atoms with E-state index in [9.17, 15) is 18.0 Å². The molecule has 1 heterocycles. The number of methoxy groups -OCH3 is 1. The van der Waals surface area contributed by atoms with Gasteiger partial charge in [-0.05, 0) is 86.2 Å². The van der Waals surface area contributed by atoms with Gasteiger partial charge in [0.1, 0.15) is 6.61 Å². The molecule has 232 valence electrons. The minimum Gasteiger partial charge on any atom is -0.493 e. The largest absolute Gasteiger partial charge is 0.493 e. The van der Waals surface area contributed by atoms with Gasteiger partial charge in [0, 0.05) is 40.3 Å². The van der Waals surface area contributed by atoms with Gasteiger partial charge in [-0.2, -0.15) is 13.2 Å². The molecule has 1 amide bonds. The predicted octanol–water partition coefficient (Wildman–Crippen LogP) is 8.54. The highest BCUT2D eigenvalue weighted by molar-refractivity contribution is 6.31. The van der Waals surface area contributed by atoms with E-state index in [0.29, 0.717) is 29.1 Å². The Morgan fingerprint density at radius 2 is 1.76 bits per heavy atom. The molecular formula is C34H30ClF3N4O3. The lowest BCUT2D eigenvalue weighted by Crippen LogP contribution is -2.35. The summed E-state index contributed by atoms with van der Waals surface area (Å²) in [7, 11) is 5.73. The number of rotatable bonds is 9. The number of nitrogens with zero attached hydrogens (tertiary/aromatic N) is 2. The highest BCUT2D eigenvalue weighted by atomic mass is 35.5. The van der Waals surface area contributed by atoms with Crippen LogP contribution < -0.4 is 20.1 Å². The smallest absolute Gasteiger partial charge is 0.417 e. The number of pyridine rings is 1. The van der Waals surface area contributed by atoms with Crippen LogP contribution in [0.25, 0.3) is 21.7 Å². The van der Waals surface area contributed by atoms with Crippen molar-refractivity contribution in [3.8, 4) is 11.5 Å². The minimum atomic E-state index is -4.65. The number of hydrogen-bond acceptors (Lipinski definition) is 6. The van der Waals surface area contributed by atoms with Crippen molar-refractivity contribution in [2.45, 2.75) is 24.6 Å². The van der Waals surface area contributed by atoms with E-state index in [2.05, 4.69) is 34.6 Å².